The third-order valence-electron chi connectivity index (χ3n) is 2.94. The summed E-state index contributed by atoms with van der Waals surface area (Å²) in [4.78, 5) is 12.4. The van der Waals surface area contributed by atoms with Crippen LogP contribution in [-0.2, 0) is 9.84 Å². The zero-order valence-corrected chi connectivity index (χ0v) is 14.4. The van der Waals surface area contributed by atoms with E-state index in [1.54, 1.807) is 30.3 Å². The van der Waals surface area contributed by atoms with Gasteiger partial charge in [0.2, 0.25) is 0 Å². The molecule has 0 atom stereocenters. The molecule has 0 aliphatic carbocycles. The molecule has 0 fully saturated rings. The van der Waals surface area contributed by atoms with Crippen LogP contribution < -0.4 is 10.1 Å². The molecule has 116 valence electrons. The van der Waals surface area contributed by atoms with Crippen molar-refractivity contribution in [3.05, 3.63) is 52.5 Å². The van der Waals surface area contributed by atoms with Gasteiger partial charge in [0.15, 0.2) is 9.84 Å². The van der Waals surface area contributed by atoms with E-state index in [-0.39, 0.29) is 10.5 Å². The van der Waals surface area contributed by atoms with E-state index < -0.39 is 15.7 Å². The van der Waals surface area contributed by atoms with Crippen LogP contribution in [0, 0.1) is 0 Å². The van der Waals surface area contributed by atoms with Crippen LogP contribution in [0.2, 0.25) is 0 Å². The Morgan fingerprint density at radius 3 is 2.50 bits per heavy atom. The maximum atomic E-state index is 12.4. The maximum absolute atomic E-state index is 12.4. The van der Waals surface area contributed by atoms with Crippen LogP contribution >= 0.6 is 15.9 Å². The molecule has 5 nitrogen and oxygen atoms in total. The lowest BCUT2D eigenvalue weighted by Crippen LogP contribution is -2.16. The fourth-order valence-electron chi connectivity index (χ4n) is 1.95. The van der Waals surface area contributed by atoms with Crippen molar-refractivity contribution in [2.75, 3.05) is 18.7 Å². The van der Waals surface area contributed by atoms with E-state index in [2.05, 4.69) is 21.2 Å². The Morgan fingerprint density at radius 1 is 1.18 bits per heavy atom. The fraction of sp³-hybridized carbons (Fsp3) is 0.133. The van der Waals surface area contributed by atoms with E-state index in [0.717, 1.165) is 10.7 Å². The number of ether oxygens (including phenoxy) is 1. The van der Waals surface area contributed by atoms with E-state index in [1.807, 2.05) is 0 Å². The molecule has 2 aromatic carbocycles. The van der Waals surface area contributed by atoms with Gasteiger partial charge in [0.05, 0.1) is 23.3 Å². The van der Waals surface area contributed by atoms with Gasteiger partial charge in [-0.25, -0.2) is 8.42 Å². The second kappa shape index (κ2) is 6.50. The second-order valence-electron chi connectivity index (χ2n) is 4.57. The lowest BCUT2D eigenvalue weighted by molar-refractivity contribution is 0.102. The van der Waals surface area contributed by atoms with Crippen molar-refractivity contribution in [2.45, 2.75) is 4.90 Å². The molecule has 0 unspecified atom stereocenters. The Bertz CT molecular complexity index is 818. The van der Waals surface area contributed by atoms with Crippen LogP contribution in [0.15, 0.2) is 51.8 Å². The number of benzene rings is 2. The van der Waals surface area contributed by atoms with Crippen molar-refractivity contribution in [3.8, 4) is 5.75 Å². The third-order valence-corrected chi connectivity index (χ3v) is 4.59. The van der Waals surface area contributed by atoms with Gasteiger partial charge in [0, 0.05) is 10.7 Å². The number of hydrogen-bond donors (Lipinski definition) is 1. The first kappa shape index (κ1) is 16.5. The third kappa shape index (κ3) is 3.66. The molecular formula is C15H14BrNO4S. The fourth-order valence-corrected chi connectivity index (χ4v) is 3.19. The number of carbonyl (C=O) groups is 1. The second-order valence-corrected chi connectivity index (χ2v) is 7.47. The van der Waals surface area contributed by atoms with Gasteiger partial charge in [0.1, 0.15) is 5.75 Å². The number of anilines is 1. The van der Waals surface area contributed by atoms with Gasteiger partial charge in [-0.15, -0.1) is 0 Å². The van der Waals surface area contributed by atoms with Gasteiger partial charge in [0.25, 0.3) is 5.91 Å². The normalized spacial score (nSPS) is 11.0. The van der Waals surface area contributed by atoms with Crippen molar-refractivity contribution < 1.29 is 17.9 Å². The smallest absolute Gasteiger partial charge is 0.257 e. The maximum Gasteiger partial charge on any atom is 0.257 e. The molecule has 0 spiro atoms. The summed E-state index contributed by atoms with van der Waals surface area (Å²) in [5, 5.41) is 2.67. The number of sulfone groups is 1. The summed E-state index contributed by atoms with van der Waals surface area (Å²) in [6, 6.07) is 11.2. The zero-order chi connectivity index (χ0) is 16.3. The highest BCUT2D eigenvalue weighted by Crippen LogP contribution is 2.28. The van der Waals surface area contributed by atoms with Crippen molar-refractivity contribution >= 4 is 37.4 Å². The molecule has 0 aromatic heterocycles. The molecule has 0 heterocycles. The Kier molecular flexibility index (Phi) is 4.87. The molecule has 0 saturated carbocycles. The quantitative estimate of drug-likeness (QED) is 0.879. The van der Waals surface area contributed by atoms with Gasteiger partial charge >= 0.3 is 0 Å². The number of methoxy groups -OCH3 is 1. The summed E-state index contributed by atoms with van der Waals surface area (Å²) in [5.41, 5.74) is 0.539. The average molecular weight is 384 g/mol. The average Bonchev–Trinajstić information content (AvgIpc) is 2.46. The standard InChI is InChI=1S/C15H14BrNO4S/c1-21-13-8-7-10(16)9-12(13)17-15(18)11-5-3-4-6-14(11)22(2,19)20/h3-9H,1-2H3,(H,17,18). The molecule has 0 saturated heterocycles. The summed E-state index contributed by atoms with van der Waals surface area (Å²) >= 11 is 3.32. The number of amides is 1. The summed E-state index contributed by atoms with van der Waals surface area (Å²) in [6.45, 7) is 0. The molecule has 22 heavy (non-hydrogen) atoms. The molecule has 2 rings (SSSR count). The minimum atomic E-state index is -3.50. The van der Waals surface area contributed by atoms with Gasteiger partial charge in [-0.3, -0.25) is 4.79 Å². The molecule has 0 bridgehead atoms. The predicted octanol–water partition coefficient (Wildman–Crippen LogP) is 3.11. The first-order valence-corrected chi connectivity index (χ1v) is 8.95. The SMILES string of the molecule is COc1ccc(Br)cc1NC(=O)c1ccccc1S(C)(=O)=O. The topological polar surface area (TPSA) is 72.5 Å². The molecule has 0 radical (unpaired) electrons. The summed E-state index contributed by atoms with van der Waals surface area (Å²) in [7, 11) is -2.01. The number of carbonyl (C=O) groups excluding carboxylic acids is 1. The van der Waals surface area contributed by atoms with Gasteiger partial charge < -0.3 is 10.1 Å². The molecule has 0 aliphatic rings. The Morgan fingerprint density at radius 2 is 1.86 bits per heavy atom. The summed E-state index contributed by atoms with van der Waals surface area (Å²) in [6.07, 6.45) is 1.07. The first-order chi connectivity index (χ1) is 10.3. The Hall–Kier alpha value is -1.86. The van der Waals surface area contributed by atoms with E-state index in [4.69, 9.17) is 4.74 Å². The number of nitrogens with one attached hydrogen (secondary N) is 1. The summed E-state index contributed by atoms with van der Waals surface area (Å²) < 4.78 is 29.5. The predicted molar refractivity (Wildman–Crippen MR) is 88.2 cm³/mol. The minimum absolute atomic E-state index is 0.0125. The highest BCUT2D eigenvalue weighted by Gasteiger charge is 2.19. The van der Waals surface area contributed by atoms with E-state index in [1.165, 1.54) is 19.2 Å². The Labute approximate surface area is 137 Å². The molecule has 1 amide bonds. The summed E-state index contributed by atoms with van der Waals surface area (Å²) in [5.74, 6) is -0.0363. The van der Waals surface area contributed by atoms with Crippen LogP contribution in [-0.4, -0.2) is 27.7 Å². The highest BCUT2D eigenvalue weighted by atomic mass is 79.9. The van der Waals surface area contributed by atoms with Crippen molar-refractivity contribution in [2.24, 2.45) is 0 Å². The molecule has 2 aromatic rings. The number of hydrogen-bond acceptors (Lipinski definition) is 4. The number of rotatable bonds is 4. The van der Waals surface area contributed by atoms with Crippen molar-refractivity contribution in [1.29, 1.82) is 0 Å². The number of halogens is 1. The van der Waals surface area contributed by atoms with E-state index in [0.29, 0.717) is 11.4 Å². The molecule has 0 aliphatic heterocycles. The van der Waals surface area contributed by atoms with E-state index in [9.17, 15) is 13.2 Å². The Balaban J connectivity index is 2.41. The first-order valence-electron chi connectivity index (χ1n) is 6.27. The monoisotopic (exact) mass is 383 g/mol. The zero-order valence-electron chi connectivity index (χ0n) is 12.0. The lowest BCUT2D eigenvalue weighted by Gasteiger charge is -2.12. The molecular weight excluding hydrogens is 370 g/mol. The van der Waals surface area contributed by atoms with Gasteiger partial charge in [-0.1, -0.05) is 28.1 Å². The molecule has 7 heteroatoms. The van der Waals surface area contributed by atoms with Crippen LogP contribution in [0.5, 0.6) is 5.75 Å². The van der Waals surface area contributed by atoms with Crippen LogP contribution in [0.4, 0.5) is 5.69 Å². The van der Waals surface area contributed by atoms with Crippen molar-refractivity contribution in [3.63, 3.8) is 0 Å². The molecule has 1 N–H and O–H groups in total. The van der Waals surface area contributed by atoms with Gasteiger partial charge in [-0.05, 0) is 30.3 Å². The highest BCUT2D eigenvalue weighted by molar-refractivity contribution is 9.10. The van der Waals surface area contributed by atoms with Crippen LogP contribution in [0.3, 0.4) is 0 Å². The van der Waals surface area contributed by atoms with Crippen LogP contribution in [0.1, 0.15) is 10.4 Å². The van der Waals surface area contributed by atoms with Crippen molar-refractivity contribution in [1.82, 2.24) is 0 Å². The lowest BCUT2D eigenvalue weighted by atomic mass is 10.2. The van der Waals surface area contributed by atoms with Crippen LogP contribution in [0.25, 0.3) is 0 Å². The van der Waals surface area contributed by atoms with Gasteiger partial charge in [-0.2, -0.15) is 0 Å². The van der Waals surface area contributed by atoms with E-state index >= 15 is 0 Å². The largest absolute Gasteiger partial charge is 0.495 e. The minimum Gasteiger partial charge on any atom is -0.495 e.